The zero-order valence-electron chi connectivity index (χ0n) is 51.7. The van der Waals surface area contributed by atoms with Crippen molar-refractivity contribution in [2.45, 2.75) is 375 Å². The van der Waals surface area contributed by atoms with E-state index in [1.165, 1.54) is 186 Å². The summed E-state index contributed by atoms with van der Waals surface area (Å²) in [4.78, 5) is 13.1. The topological polar surface area (TPSA) is 307 Å². The number of unbranched alkanes of at least 4 members (excludes halogenated alkanes) is 36. The van der Waals surface area contributed by atoms with Gasteiger partial charge in [0.1, 0.15) is 73.2 Å². The number of aliphatic hydroxyl groups is 11. The van der Waals surface area contributed by atoms with Gasteiger partial charge in [-0.05, 0) is 12.8 Å². The Kier molecular flexibility index (Phi) is 43.7. The highest BCUT2D eigenvalue weighted by Crippen LogP contribution is 2.33. The van der Waals surface area contributed by atoms with Crippen LogP contribution in [0, 0.1) is 0 Å². The van der Waals surface area contributed by atoms with Crippen molar-refractivity contribution in [3.63, 3.8) is 0 Å². The molecule has 0 bridgehead atoms. The van der Waals surface area contributed by atoms with Crippen LogP contribution in [0.25, 0.3) is 0 Å². The molecule has 0 saturated carbocycles. The number of amides is 1. The monoisotopic (exact) mass is 1190 g/mol. The summed E-state index contributed by atoms with van der Waals surface area (Å²) in [5.41, 5.74) is 0. The van der Waals surface area contributed by atoms with Crippen LogP contribution in [-0.2, 0) is 33.2 Å². The number of aliphatic hydroxyl groups excluding tert-OH is 11. The van der Waals surface area contributed by atoms with E-state index in [9.17, 15) is 61.0 Å². The van der Waals surface area contributed by atoms with E-state index in [-0.39, 0.29) is 18.9 Å². The molecule has 492 valence electrons. The Hall–Kier alpha value is -1.21. The van der Waals surface area contributed by atoms with Crippen LogP contribution in [0.5, 0.6) is 0 Å². The highest BCUT2D eigenvalue weighted by molar-refractivity contribution is 5.76. The quantitative estimate of drug-likeness (QED) is 0.0257. The van der Waals surface area contributed by atoms with E-state index >= 15 is 0 Å². The predicted molar refractivity (Wildman–Crippen MR) is 319 cm³/mol. The van der Waals surface area contributed by atoms with E-state index in [1.54, 1.807) is 0 Å². The van der Waals surface area contributed by atoms with Crippen molar-refractivity contribution in [1.82, 2.24) is 5.32 Å². The van der Waals surface area contributed by atoms with Gasteiger partial charge >= 0.3 is 0 Å². The summed E-state index contributed by atoms with van der Waals surface area (Å²) in [6, 6.07) is -0.878. The lowest BCUT2D eigenvalue weighted by Gasteiger charge is -2.48. The fourth-order valence-corrected chi connectivity index (χ4v) is 11.9. The summed E-state index contributed by atoms with van der Waals surface area (Å²) in [6.07, 6.45) is 23.0. The molecule has 3 fully saturated rings. The Morgan fingerprint density at radius 1 is 0.386 bits per heavy atom. The molecule has 17 atom stereocenters. The van der Waals surface area contributed by atoms with Crippen molar-refractivity contribution in [1.29, 1.82) is 0 Å². The van der Waals surface area contributed by atoms with Crippen LogP contribution in [-0.4, -0.2) is 193 Å². The highest BCUT2D eigenvalue weighted by Gasteiger charge is 2.53. The number of ether oxygens (including phenoxy) is 6. The summed E-state index contributed by atoms with van der Waals surface area (Å²) < 4.78 is 34.2. The summed E-state index contributed by atoms with van der Waals surface area (Å²) in [5, 5.41) is 120. The third kappa shape index (κ3) is 30.7. The molecule has 17 unspecified atom stereocenters. The standard InChI is InChI=1S/C64H123NO18/c1-3-5-7-9-10-11-12-13-14-15-16-17-18-19-20-21-22-23-24-25-26-27-28-29-30-31-32-33-34-35-36-38-39-41-48(69)47(65-52(70)42-40-37-8-6-4-2)46-78-62-58(76)55(73)60(50(44-67)80-62)83-64-59(77)56(74)61(51(45-68)81-64)82-63-57(75)54(72)53(71)49(43-66)79-63/h47-51,53-64,66-69,71-77H,3-46H2,1-2H3,(H,65,70). The van der Waals surface area contributed by atoms with Gasteiger partial charge in [-0.3, -0.25) is 4.79 Å². The van der Waals surface area contributed by atoms with Gasteiger partial charge in [-0.2, -0.15) is 0 Å². The first-order valence-electron chi connectivity index (χ1n) is 33.8. The zero-order valence-corrected chi connectivity index (χ0v) is 51.7. The van der Waals surface area contributed by atoms with Gasteiger partial charge in [-0.15, -0.1) is 0 Å². The van der Waals surface area contributed by atoms with Crippen molar-refractivity contribution in [2.24, 2.45) is 0 Å². The van der Waals surface area contributed by atoms with Gasteiger partial charge in [-0.25, -0.2) is 0 Å². The van der Waals surface area contributed by atoms with Crippen LogP contribution >= 0.6 is 0 Å². The van der Waals surface area contributed by atoms with Crippen LogP contribution in [0.4, 0.5) is 0 Å². The molecular formula is C64H123NO18. The lowest BCUT2D eigenvalue weighted by atomic mass is 9.96. The second-order valence-corrected chi connectivity index (χ2v) is 24.7. The normalized spacial score (nSPS) is 29.3. The fraction of sp³-hybridized carbons (Fsp3) is 0.984. The lowest BCUT2D eigenvalue weighted by molar-refractivity contribution is -0.379. The average Bonchev–Trinajstić information content (AvgIpc) is 3.61. The van der Waals surface area contributed by atoms with E-state index in [0.29, 0.717) is 12.8 Å². The maximum Gasteiger partial charge on any atom is 0.220 e. The van der Waals surface area contributed by atoms with Crippen molar-refractivity contribution in [3.05, 3.63) is 0 Å². The van der Waals surface area contributed by atoms with Gasteiger partial charge in [0.25, 0.3) is 0 Å². The molecule has 0 aromatic carbocycles. The Morgan fingerprint density at radius 3 is 1.05 bits per heavy atom. The number of hydrogen-bond acceptors (Lipinski definition) is 18. The molecule has 19 heteroatoms. The number of rotatable bonds is 52. The molecule has 0 aromatic heterocycles. The Bertz CT molecular complexity index is 1520. The number of nitrogens with one attached hydrogen (secondary N) is 1. The molecule has 3 rings (SSSR count). The second kappa shape index (κ2) is 47.7. The van der Waals surface area contributed by atoms with Crippen LogP contribution in [0.2, 0.25) is 0 Å². The van der Waals surface area contributed by atoms with Crippen molar-refractivity contribution in [2.75, 3.05) is 26.4 Å². The van der Waals surface area contributed by atoms with E-state index in [2.05, 4.69) is 19.2 Å². The molecule has 0 radical (unpaired) electrons. The molecule has 3 aliphatic rings. The minimum Gasteiger partial charge on any atom is -0.394 e. The zero-order chi connectivity index (χ0) is 60.5. The number of carbonyl (C=O) groups is 1. The van der Waals surface area contributed by atoms with Gasteiger partial charge in [0.05, 0.1) is 38.6 Å². The summed E-state index contributed by atoms with van der Waals surface area (Å²) >= 11 is 0. The van der Waals surface area contributed by atoms with E-state index < -0.39 is 124 Å². The number of carbonyl (C=O) groups excluding carboxylic acids is 1. The third-order valence-corrected chi connectivity index (χ3v) is 17.4. The summed E-state index contributed by atoms with van der Waals surface area (Å²) in [5.74, 6) is -0.252. The van der Waals surface area contributed by atoms with Gasteiger partial charge in [0, 0.05) is 6.42 Å². The van der Waals surface area contributed by atoms with Crippen molar-refractivity contribution in [3.8, 4) is 0 Å². The first kappa shape index (κ1) is 76.0. The molecule has 3 aliphatic heterocycles. The molecule has 0 spiro atoms. The number of hydrogen-bond donors (Lipinski definition) is 12. The lowest BCUT2D eigenvalue weighted by Crippen LogP contribution is -2.66. The van der Waals surface area contributed by atoms with Gasteiger partial charge < -0.3 is 89.9 Å². The molecule has 0 aromatic rings. The van der Waals surface area contributed by atoms with Crippen LogP contribution in [0.15, 0.2) is 0 Å². The molecule has 19 nitrogen and oxygen atoms in total. The van der Waals surface area contributed by atoms with Gasteiger partial charge in [-0.1, -0.05) is 251 Å². The van der Waals surface area contributed by atoms with Crippen LogP contribution in [0.3, 0.4) is 0 Å². The minimum absolute atomic E-state index is 0.252. The smallest absolute Gasteiger partial charge is 0.220 e. The molecule has 3 saturated heterocycles. The summed E-state index contributed by atoms with van der Waals surface area (Å²) in [7, 11) is 0. The first-order valence-corrected chi connectivity index (χ1v) is 33.8. The third-order valence-electron chi connectivity index (χ3n) is 17.4. The SMILES string of the molecule is CCCCCCCCCCCCCCCCCCCCCCCCCCCCCCCCCCCC(O)C(COC1OC(CO)C(OC2OC(CO)C(OC3OC(CO)C(O)C(O)C3O)C(O)C2O)C(O)C1O)NC(=O)CCCCCCC. The van der Waals surface area contributed by atoms with Crippen molar-refractivity contribution < 1.29 is 89.4 Å². The van der Waals surface area contributed by atoms with Crippen LogP contribution in [0.1, 0.15) is 271 Å². The van der Waals surface area contributed by atoms with Gasteiger partial charge in [0.2, 0.25) is 5.91 Å². The maximum atomic E-state index is 13.1. The van der Waals surface area contributed by atoms with Crippen molar-refractivity contribution >= 4 is 5.91 Å². The van der Waals surface area contributed by atoms with E-state index in [1.807, 2.05) is 0 Å². The van der Waals surface area contributed by atoms with E-state index in [0.717, 1.165) is 51.4 Å². The largest absolute Gasteiger partial charge is 0.394 e. The Morgan fingerprint density at radius 2 is 0.687 bits per heavy atom. The van der Waals surface area contributed by atoms with Crippen LogP contribution < -0.4 is 5.32 Å². The molecule has 83 heavy (non-hydrogen) atoms. The summed E-state index contributed by atoms with van der Waals surface area (Å²) in [6.45, 7) is 1.71. The van der Waals surface area contributed by atoms with E-state index in [4.69, 9.17) is 28.4 Å². The maximum absolute atomic E-state index is 13.1. The molecule has 0 aliphatic carbocycles. The molecule has 1 amide bonds. The fourth-order valence-electron chi connectivity index (χ4n) is 11.9. The Labute approximate surface area is 500 Å². The first-order chi connectivity index (χ1) is 40.3. The average molecular weight is 1190 g/mol. The predicted octanol–water partition coefficient (Wildman–Crippen LogP) is 7.94. The van der Waals surface area contributed by atoms with Gasteiger partial charge in [0.15, 0.2) is 18.9 Å². The molecular weight excluding hydrogens is 1070 g/mol. The highest BCUT2D eigenvalue weighted by atomic mass is 16.8. The minimum atomic E-state index is -1.97. The molecule has 12 N–H and O–H groups in total. The second-order valence-electron chi connectivity index (χ2n) is 24.7. The molecule has 3 heterocycles. The Balaban J connectivity index is 1.28.